The van der Waals surface area contributed by atoms with Crippen LogP contribution in [0.4, 0.5) is 0 Å². The van der Waals surface area contributed by atoms with Gasteiger partial charge in [-0.25, -0.2) is 0 Å². The van der Waals surface area contributed by atoms with Crippen molar-refractivity contribution >= 4 is 23.2 Å². The van der Waals surface area contributed by atoms with Crippen molar-refractivity contribution in [3.63, 3.8) is 0 Å². The summed E-state index contributed by atoms with van der Waals surface area (Å²) in [6, 6.07) is 3.39. The second-order valence-electron chi connectivity index (χ2n) is 3.04. The molecular weight excluding hydrogens is 245 g/mol. The molecule has 0 fully saturated rings. The Kier molecular flexibility index (Phi) is 5.48. The highest BCUT2D eigenvalue weighted by Crippen LogP contribution is 2.30. The summed E-state index contributed by atoms with van der Waals surface area (Å²) >= 11 is 12.1. The van der Waals surface area contributed by atoms with Crippen LogP contribution in [0.3, 0.4) is 0 Å². The number of hydrogen-bond acceptors (Lipinski definition) is 2. The molecule has 0 aliphatic rings. The SMILES string of the molecule is CCOc1cc(Cl)c(C#CCCN)cc1Cl. The van der Waals surface area contributed by atoms with Crippen LogP contribution in [0.2, 0.25) is 10.0 Å². The summed E-state index contributed by atoms with van der Waals surface area (Å²) in [7, 11) is 0. The monoisotopic (exact) mass is 257 g/mol. The van der Waals surface area contributed by atoms with Crippen LogP contribution in [0.15, 0.2) is 12.1 Å². The van der Waals surface area contributed by atoms with E-state index in [4.69, 9.17) is 33.7 Å². The fourth-order valence-electron chi connectivity index (χ4n) is 1.12. The molecule has 0 heterocycles. The summed E-state index contributed by atoms with van der Waals surface area (Å²) in [5, 5.41) is 1.06. The molecule has 0 aliphatic carbocycles. The lowest BCUT2D eigenvalue weighted by Crippen LogP contribution is -1.95. The summed E-state index contributed by atoms with van der Waals surface area (Å²) in [6.07, 6.45) is 0.640. The third kappa shape index (κ3) is 3.61. The number of halogens is 2. The van der Waals surface area contributed by atoms with E-state index in [2.05, 4.69) is 11.8 Å². The van der Waals surface area contributed by atoms with Crippen LogP contribution in [-0.4, -0.2) is 13.2 Å². The summed E-state index contributed by atoms with van der Waals surface area (Å²) in [5.41, 5.74) is 6.04. The second kappa shape index (κ2) is 6.65. The first-order valence-corrected chi connectivity index (χ1v) is 5.75. The molecule has 86 valence electrons. The van der Waals surface area contributed by atoms with E-state index in [1.165, 1.54) is 0 Å². The average Bonchev–Trinajstić information content (AvgIpc) is 2.25. The third-order valence-corrected chi connectivity index (χ3v) is 2.42. The van der Waals surface area contributed by atoms with Gasteiger partial charge in [0.05, 0.1) is 16.7 Å². The van der Waals surface area contributed by atoms with Gasteiger partial charge in [0.1, 0.15) is 5.75 Å². The summed E-state index contributed by atoms with van der Waals surface area (Å²) in [5.74, 6) is 6.42. The number of hydrogen-bond donors (Lipinski definition) is 1. The first kappa shape index (κ1) is 13.2. The van der Waals surface area contributed by atoms with Crippen molar-refractivity contribution in [1.29, 1.82) is 0 Å². The summed E-state index contributed by atoms with van der Waals surface area (Å²) < 4.78 is 5.31. The number of rotatable bonds is 3. The van der Waals surface area contributed by atoms with Gasteiger partial charge in [-0.3, -0.25) is 0 Å². The minimum atomic E-state index is 0.517. The van der Waals surface area contributed by atoms with Crippen molar-refractivity contribution in [3.8, 4) is 17.6 Å². The number of ether oxygens (including phenoxy) is 1. The van der Waals surface area contributed by atoms with Crippen LogP contribution in [0.25, 0.3) is 0 Å². The Labute approximate surface area is 106 Å². The van der Waals surface area contributed by atoms with Gasteiger partial charge in [0.25, 0.3) is 0 Å². The zero-order chi connectivity index (χ0) is 12.0. The van der Waals surface area contributed by atoms with Gasteiger partial charge in [-0.1, -0.05) is 35.0 Å². The molecule has 16 heavy (non-hydrogen) atoms. The van der Waals surface area contributed by atoms with E-state index in [9.17, 15) is 0 Å². The Morgan fingerprint density at radius 3 is 2.69 bits per heavy atom. The van der Waals surface area contributed by atoms with Gasteiger partial charge in [-0.05, 0) is 13.0 Å². The summed E-state index contributed by atoms with van der Waals surface area (Å²) in [4.78, 5) is 0. The third-order valence-electron chi connectivity index (χ3n) is 1.81. The molecule has 0 unspecified atom stereocenters. The van der Waals surface area contributed by atoms with E-state index < -0.39 is 0 Å². The van der Waals surface area contributed by atoms with Gasteiger partial charge >= 0.3 is 0 Å². The second-order valence-corrected chi connectivity index (χ2v) is 3.85. The van der Waals surface area contributed by atoms with Crippen LogP contribution in [-0.2, 0) is 0 Å². The zero-order valence-electron chi connectivity index (χ0n) is 9.02. The standard InChI is InChI=1S/C12H13Cl2NO/c1-2-16-12-8-10(13)9(7-11(12)14)5-3-4-6-15/h7-8H,2,4,6,15H2,1H3. The molecule has 0 aromatic heterocycles. The maximum absolute atomic E-state index is 6.04. The predicted molar refractivity (Wildman–Crippen MR) is 68.2 cm³/mol. The number of benzene rings is 1. The smallest absolute Gasteiger partial charge is 0.139 e. The van der Waals surface area contributed by atoms with E-state index in [1.807, 2.05) is 6.92 Å². The molecule has 4 heteroatoms. The molecule has 0 bridgehead atoms. The Hall–Kier alpha value is -0.880. The Balaban J connectivity index is 2.97. The quantitative estimate of drug-likeness (QED) is 0.845. The predicted octanol–water partition coefficient (Wildman–Crippen LogP) is 3.09. The van der Waals surface area contributed by atoms with Crippen LogP contribution in [0.5, 0.6) is 5.75 Å². The van der Waals surface area contributed by atoms with Crippen molar-refractivity contribution in [1.82, 2.24) is 0 Å². The largest absolute Gasteiger partial charge is 0.492 e. The van der Waals surface area contributed by atoms with Gasteiger partial charge in [-0.15, -0.1) is 0 Å². The first-order chi connectivity index (χ1) is 7.69. The van der Waals surface area contributed by atoms with E-state index in [1.54, 1.807) is 12.1 Å². The molecule has 0 aliphatic heterocycles. The number of nitrogens with two attached hydrogens (primary N) is 1. The van der Waals surface area contributed by atoms with E-state index >= 15 is 0 Å². The molecule has 0 atom stereocenters. The van der Waals surface area contributed by atoms with Crippen molar-refractivity contribution in [2.24, 2.45) is 5.73 Å². The fourth-order valence-corrected chi connectivity index (χ4v) is 1.54. The molecule has 0 saturated heterocycles. The normalized spacial score (nSPS) is 9.50. The lowest BCUT2D eigenvalue weighted by atomic mass is 10.2. The lowest BCUT2D eigenvalue weighted by Gasteiger charge is -2.06. The molecule has 1 aromatic rings. The van der Waals surface area contributed by atoms with Gasteiger partial charge in [0.15, 0.2) is 0 Å². The first-order valence-electron chi connectivity index (χ1n) is 4.99. The maximum atomic E-state index is 6.04. The van der Waals surface area contributed by atoms with Gasteiger partial charge in [0, 0.05) is 24.6 Å². The Morgan fingerprint density at radius 1 is 1.31 bits per heavy atom. The molecule has 1 aromatic carbocycles. The van der Waals surface area contributed by atoms with Crippen LogP contribution in [0.1, 0.15) is 18.9 Å². The topological polar surface area (TPSA) is 35.2 Å². The van der Waals surface area contributed by atoms with Crippen molar-refractivity contribution in [2.45, 2.75) is 13.3 Å². The van der Waals surface area contributed by atoms with Crippen molar-refractivity contribution in [2.75, 3.05) is 13.2 Å². The minimum Gasteiger partial charge on any atom is -0.492 e. The van der Waals surface area contributed by atoms with Crippen LogP contribution < -0.4 is 10.5 Å². The van der Waals surface area contributed by atoms with Crippen molar-refractivity contribution in [3.05, 3.63) is 27.7 Å². The van der Waals surface area contributed by atoms with Crippen LogP contribution >= 0.6 is 23.2 Å². The van der Waals surface area contributed by atoms with Gasteiger partial charge in [0.2, 0.25) is 0 Å². The molecule has 1 rings (SSSR count). The zero-order valence-corrected chi connectivity index (χ0v) is 10.5. The highest BCUT2D eigenvalue weighted by Gasteiger charge is 2.06. The van der Waals surface area contributed by atoms with E-state index in [0.717, 1.165) is 0 Å². The summed E-state index contributed by atoms with van der Waals surface area (Å²) in [6.45, 7) is 2.98. The molecule has 2 nitrogen and oxygen atoms in total. The Morgan fingerprint density at radius 2 is 2.06 bits per heavy atom. The fraction of sp³-hybridized carbons (Fsp3) is 0.333. The molecule has 0 saturated carbocycles. The van der Waals surface area contributed by atoms with Gasteiger partial charge in [-0.2, -0.15) is 0 Å². The molecule has 0 spiro atoms. The average molecular weight is 258 g/mol. The van der Waals surface area contributed by atoms with E-state index in [0.29, 0.717) is 40.9 Å². The van der Waals surface area contributed by atoms with Crippen molar-refractivity contribution < 1.29 is 4.74 Å². The molecule has 0 radical (unpaired) electrons. The molecule has 2 N–H and O–H groups in total. The highest BCUT2D eigenvalue weighted by atomic mass is 35.5. The van der Waals surface area contributed by atoms with E-state index in [-0.39, 0.29) is 0 Å². The molecule has 0 amide bonds. The molecular formula is C12H13Cl2NO. The minimum absolute atomic E-state index is 0.517. The lowest BCUT2D eigenvalue weighted by molar-refractivity contribution is 0.340. The van der Waals surface area contributed by atoms with Gasteiger partial charge < -0.3 is 10.5 Å². The Bertz CT molecular complexity index is 421. The van der Waals surface area contributed by atoms with Crippen LogP contribution in [0, 0.1) is 11.8 Å². The highest BCUT2D eigenvalue weighted by molar-refractivity contribution is 6.35. The maximum Gasteiger partial charge on any atom is 0.139 e.